The summed E-state index contributed by atoms with van der Waals surface area (Å²) in [7, 11) is 0. The minimum absolute atomic E-state index is 0.185. The van der Waals surface area contributed by atoms with Gasteiger partial charge in [-0.2, -0.15) is 0 Å². The van der Waals surface area contributed by atoms with Gasteiger partial charge >= 0.3 is 0 Å². The molecule has 1 rings (SSSR count). The molecule has 0 bridgehead atoms. The van der Waals surface area contributed by atoms with Crippen molar-refractivity contribution in [3.05, 3.63) is 0 Å². The number of carbonyl (C=O) groups excluding carboxylic acids is 1. The third-order valence-corrected chi connectivity index (χ3v) is 3.27. The van der Waals surface area contributed by atoms with Crippen molar-refractivity contribution in [2.24, 2.45) is 11.7 Å². The van der Waals surface area contributed by atoms with Crippen LogP contribution in [0, 0.1) is 5.92 Å². The Morgan fingerprint density at radius 2 is 2.29 bits per heavy atom. The van der Waals surface area contributed by atoms with E-state index in [9.17, 15) is 4.79 Å². The van der Waals surface area contributed by atoms with Crippen LogP contribution in [0.25, 0.3) is 0 Å². The predicted molar refractivity (Wildman–Crippen MR) is 57.8 cm³/mol. The van der Waals surface area contributed by atoms with Gasteiger partial charge in [-0.05, 0) is 25.7 Å². The molecule has 3 heteroatoms. The van der Waals surface area contributed by atoms with Gasteiger partial charge in [0.25, 0.3) is 0 Å². The van der Waals surface area contributed by atoms with Crippen molar-refractivity contribution >= 4 is 5.91 Å². The van der Waals surface area contributed by atoms with E-state index >= 15 is 0 Å². The van der Waals surface area contributed by atoms with E-state index in [2.05, 4.69) is 12.2 Å². The molecule has 0 aliphatic heterocycles. The molecule has 3 nitrogen and oxygen atoms in total. The van der Waals surface area contributed by atoms with Crippen molar-refractivity contribution in [3.63, 3.8) is 0 Å². The number of carbonyl (C=O) groups is 1. The zero-order chi connectivity index (χ0) is 10.6. The molecule has 1 aliphatic carbocycles. The van der Waals surface area contributed by atoms with Gasteiger partial charge in [0.05, 0.1) is 6.04 Å². The van der Waals surface area contributed by atoms with Crippen LogP contribution in [0.4, 0.5) is 0 Å². The number of primary amides is 1. The number of hydrogen-bond acceptors (Lipinski definition) is 2. The summed E-state index contributed by atoms with van der Waals surface area (Å²) in [4.78, 5) is 10.9. The smallest absolute Gasteiger partial charge is 0.234 e. The summed E-state index contributed by atoms with van der Waals surface area (Å²) >= 11 is 0. The van der Waals surface area contributed by atoms with Crippen LogP contribution in [0.2, 0.25) is 0 Å². The summed E-state index contributed by atoms with van der Waals surface area (Å²) in [6.45, 7) is 4.09. The first-order chi connectivity index (χ1) is 6.63. The maximum absolute atomic E-state index is 10.9. The van der Waals surface area contributed by atoms with E-state index in [0.717, 1.165) is 5.92 Å². The summed E-state index contributed by atoms with van der Waals surface area (Å²) in [6.07, 6.45) is 6.27. The average molecular weight is 198 g/mol. The summed E-state index contributed by atoms with van der Waals surface area (Å²) in [5.74, 6) is 0.588. The maximum atomic E-state index is 10.9. The predicted octanol–water partition coefficient (Wildman–Crippen LogP) is 1.42. The number of rotatable bonds is 4. The van der Waals surface area contributed by atoms with E-state index in [1.807, 2.05) is 6.92 Å². The monoisotopic (exact) mass is 198 g/mol. The van der Waals surface area contributed by atoms with Crippen LogP contribution in [0.5, 0.6) is 0 Å². The molecule has 14 heavy (non-hydrogen) atoms. The highest BCUT2D eigenvalue weighted by atomic mass is 16.1. The Kier molecular flexibility index (Phi) is 4.39. The second-order valence-corrected chi connectivity index (χ2v) is 4.43. The standard InChI is InChI=1S/C11H22N2O/c1-3-9-5-4-6-10(7-9)13-8(2)11(12)14/h8-10,13H,3-7H2,1-2H3,(H2,12,14)/t8-,9?,10?/m0/s1. The SMILES string of the molecule is CCC1CCCC(N[C@@H](C)C(N)=O)C1. The van der Waals surface area contributed by atoms with E-state index in [4.69, 9.17) is 5.73 Å². The summed E-state index contributed by atoms with van der Waals surface area (Å²) in [5.41, 5.74) is 5.22. The van der Waals surface area contributed by atoms with E-state index < -0.39 is 0 Å². The van der Waals surface area contributed by atoms with E-state index in [-0.39, 0.29) is 11.9 Å². The third-order valence-electron chi connectivity index (χ3n) is 3.27. The van der Waals surface area contributed by atoms with Crippen LogP contribution in [-0.2, 0) is 4.79 Å². The lowest BCUT2D eigenvalue weighted by Gasteiger charge is -2.30. The fraction of sp³-hybridized carbons (Fsp3) is 0.909. The first-order valence-corrected chi connectivity index (χ1v) is 5.68. The molecule has 0 aromatic carbocycles. The van der Waals surface area contributed by atoms with E-state index in [1.165, 1.54) is 32.1 Å². The fourth-order valence-electron chi connectivity index (χ4n) is 2.25. The lowest BCUT2D eigenvalue weighted by Crippen LogP contribution is -2.46. The van der Waals surface area contributed by atoms with Gasteiger partial charge in [-0.1, -0.05) is 26.2 Å². The number of nitrogens with one attached hydrogen (secondary N) is 1. The minimum Gasteiger partial charge on any atom is -0.368 e. The minimum atomic E-state index is -0.247. The van der Waals surface area contributed by atoms with Crippen molar-refractivity contribution in [1.29, 1.82) is 0 Å². The second-order valence-electron chi connectivity index (χ2n) is 4.43. The Labute approximate surface area is 86.4 Å². The number of hydrogen-bond donors (Lipinski definition) is 2. The molecule has 1 aliphatic rings. The molecular weight excluding hydrogens is 176 g/mol. The van der Waals surface area contributed by atoms with Crippen molar-refractivity contribution in [2.75, 3.05) is 0 Å². The lowest BCUT2D eigenvalue weighted by molar-refractivity contribution is -0.119. The largest absolute Gasteiger partial charge is 0.368 e. The Balaban J connectivity index is 2.33. The van der Waals surface area contributed by atoms with Gasteiger partial charge in [0.2, 0.25) is 5.91 Å². The van der Waals surface area contributed by atoms with E-state index in [1.54, 1.807) is 0 Å². The van der Waals surface area contributed by atoms with Crippen LogP contribution in [0.15, 0.2) is 0 Å². The van der Waals surface area contributed by atoms with Gasteiger partial charge in [-0.15, -0.1) is 0 Å². The molecule has 0 saturated heterocycles. The molecule has 2 unspecified atom stereocenters. The zero-order valence-corrected chi connectivity index (χ0v) is 9.25. The molecule has 1 fully saturated rings. The Morgan fingerprint density at radius 1 is 1.57 bits per heavy atom. The van der Waals surface area contributed by atoms with Gasteiger partial charge in [0.1, 0.15) is 0 Å². The molecule has 0 spiro atoms. The highest BCUT2D eigenvalue weighted by Crippen LogP contribution is 2.26. The summed E-state index contributed by atoms with van der Waals surface area (Å²) in [5, 5.41) is 3.31. The fourth-order valence-corrected chi connectivity index (χ4v) is 2.25. The highest BCUT2D eigenvalue weighted by molar-refractivity contribution is 5.79. The highest BCUT2D eigenvalue weighted by Gasteiger charge is 2.22. The molecule has 3 atom stereocenters. The second kappa shape index (κ2) is 5.35. The zero-order valence-electron chi connectivity index (χ0n) is 9.25. The molecule has 1 amide bonds. The molecule has 3 N–H and O–H groups in total. The van der Waals surface area contributed by atoms with Crippen LogP contribution in [-0.4, -0.2) is 18.0 Å². The van der Waals surface area contributed by atoms with Gasteiger partial charge in [0.15, 0.2) is 0 Å². The number of amides is 1. The van der Waals surface area contributed by atoms with Crippen molar-refractivity contribution in [2.45, 2.75) is 58.0 Å². The van der Waals surface area contributed by atoms with E-state index in [0.29, 0.717) is 6.04 Å². The van der Waals surface area contributed by atoms with Crippen molar-refractivity contribution in [1.82, 2.24) is 5.32 Å². The van der Waals surface area contributed by atoms with Gasteiger partial charge in [-0.3, -0.25) is 4.79 Å². The first kappa shape index (κ1) is 11.5. The quantitative estimate of drug-likeness (QED) is 0.717. The summed E-state index contributed by atoms with van der Waals surface area (Å²) in [6, 6.07) is 0.312. The van der Waals surface area contributed by atoms with Crippen LogP contribution in [0.3, 0.4) is 0 Å². The first-order valence-electron chi connectivity index (χ1n) is 5.68. The van der Waals surface area contributed by atoms with Gasteiger partial charge in [-0.25, -0.2) is 0 Å². The molecule has 0 aromatic rings. The lowest BCUT2D eigenvalue weighted by atomic mass is 9.84. The molecular formula is C11H22N2O. The Morgan fingerprint density at radius 3 is 2.86 bits per heavy atom. The van der Waals surface area contributed by atoms with Crippen LogP contribution >= 0.6 is 0 Å². The molecule has 1 saturated carbocycles. The van der Waals surface area contributed by atoms with Gasteiger partial charge in [0, 0.05) is 6.04 Å². The van der Waals surface area contributed by atoms with Crippen molar-refractivity contribution < 1.29 is 4.79 Å². The summed E-state index contributed by atoms with van der Waals surface area (Å²) < 4.78 is 0. The molecule has 0 heterocycles. The molecule has 0 aromatic heterocycles. The molecule has 82 valence electrons. The average Bonchev–Trinajstić information content (AvgIpc) is 2.18. The number of nitrogens with two attached hydrogens (primary N) is 1. The van der Waals surface area contributed by atoms with Crippen LogP contribution in [0.1, 0.15) is 46.0 Å². The topological polar surface area (TPSA) is 55.1 Å². The van der Waals surface area contributed by atoms with Crippen LogP contribution < -0.4 is 11.1 Å². The van der Waals surface area contributed by atoms with Gasteiger partial charge < -0.3 is 11.1 Å². The maximum Gasteiger partial charge on any atom is 0.234 e. The van der Waals surface area contributed by atoms with Crippen molar-refractivity contribution in [3.8, 4) is 0 Å². The Bertz CT molecular complexity index is 194. The molecule has 0 radical (unpaired) electrons. The third kappa shape index (κ3) is 3.29. The Hall–Kier alpha value is -0.570. The normalized spacial score (nSPS) is 29.9.